The number of amides is 1. The highest BCUT2D eigenvalue weighted by molar-refractivity contribution is 7.92. The molecule has 0 aliphatic heterocycles. The molecule has 5 nitrogen and oxygen atoms in total. The molecule has 2 rings (SSSR count). The van der Waals surface area contributed by atoms with Crippen LogP contribution in [0.3, 0.4) is 0 Å². The summed E-state index contributed by atoms with van der Waals surface area (Å²) in [6.45, 7) is 7.33. The molecule has 0 radical (unpaired) electrons. The van der Waals surface area contributed by atoms with Gasteiger partial charge in [0, 0.05) is 18.7 Å². The number of benzene rings is 2. The molecule has 0 saturated carbocycles. The van der Waals surface area contributed by atoms with Crippen molar-refractivity contribution in [2.24, 2.45) is 0 Å². The van der Waals surface area contributed by atoms with E-state index in [2.05, 4.69) is 4.72 Å². The van der Waals surface area contributed by atoms with Gasteiger partial charge in [-0.15, -0.1) is 0 Å². The van der Waals surface area contributed by atoms with Gasteiger partial charge < -0.3 is 4.90 Å². The minimum atomic E-state index is -3.77. The SMILES string of the molecule is CCCN(CCC)C(=O)c1cccc(S(=O)(=O)Nc2ccccc2CC)c1. The minimum absolute atomic E-state index is 0.0900. The van der Waals surface area contributed by atoms with Gasteiger partial charge in [-0.05, 0) is 49.1 Å². The Bertz CT molecular complexity index is 873. The maximum atomic E-state index is 12.8. The van der Waals surface area contributed by atoms with E-state index in [0.717, 1.165) is 24.8 Å². The lowest BCUT2D eigenvalue weighted by atomic mass is 10.1. The largest absolute Gasteiger partial charge is 0.339 e. The van der Waals surface area contributed by atoms with Crippen LogP contribution in [0.4, 0.5) is 5.69 Å². The predicted octanol–water partition coefficient (Wildman–Crippen LogP) is 4.31. The molecular formula is C21H28N2O3S. The van der Waals surface area contributed by atoms with E-state index in [4.69, 9.17) is 0 Å². The van der Waals surface area contributed by atoms with Crippen molar-refractivity contribution < 1.29 is 13.2 Å². The summed E-state index contributed by atoms with van der Waals surface area (Å²) >= 11 is 0. The van der Waals surface area contributed by atoms with Crippen molar-refractivity contribution in [1.82, 2.24) is 4.90 Å². The number of hydrogen-bond acceptors (Lipinski definition) is 3. The van der Waals surface area contributed by atoms with E-state index in [1.165, 1.54) is 12.1 Å². The van der Waals surface area contributed by atoms with Crippen molar-refractivity contribution in [2.75, 3.05) is 17.8 Å². The first kappa shape index (κ1) is 21.0. The van der Waals surface area contributed by atoms with E-state index in [1.807, 2.05) is 32.9 Å². The second-order valence-corrected chi connectivity index (χ2v) is 8.12. The fourth-order valence-electron chi connectivity index (χ4n) is 2.97. The lowest BCUT2D eigenvalue weighted by Gasteiger charge is -2.21. The minimum Gasteiger partial charge on any atom is -0.339 e. The third-order valence-electron chi connectivity index (χ3n) is 4.31. The number of anilines is 1. The molecule has 0 aliphatic rings. The van der Waals surface area contributed by atoms with Gasteiger partial charge in [0.05, 0.1) is 10.6 Å². The highest BCUT2D eigenvalue weighted by atomic mass is 32.2. The molecule has 6 heteroatoms. The number of sulfonamides is 1. The highest BCUT2D eigenvalue weighted by Crippen LogP contribution is 2.21. The fraction of sp³-hybridized carbons (Fsp3) is 0.381. The summed E-state index contributed by atoms with van der Waals surface area (Å²) in [5, 5.41) is 0. The van der Waals surface area contributed by atoms with Crippen molar-refractivity contribution in [3.05, 3.63) is 59.7 Å². The van der Waals surface area contributed by atoms with Gasteiger partial charge >= 0.3 is 0 Å². The second kappa shape index (κ2) is 9.55. The van der Waals surface area contributed by atoms with E-state index in [-0.39, 0.29) is 10.8 Å². The van der Waals surface area contributed by atoms with E-state index in [0.29, 0.717) is 24.3 Å². The van der Waals surface area contributed by atoms with Gasteiger partial charge in [-0.25, -0.2) is 8.42 Å². The second-order valence-electron chi connectivity index (χ2n) is 6.44. The molecule has 1 N–H and O–H groups in total. The van der Waals surface area contributed by atoms with E-state index in [9.17, 15) is 13.2 Å². The van der Waals surface area contributed by atoms with Crippen LogP contribution in [0.2, 0.25) is 0 Å². The molecule has 2 aromatic carbocycles. The number of nitrogens with one attached hydrogen (secondary N) is 1. The normalized spacial score (nSPS) is 11.2. The summed E-state index contributed by atoms with van der Waals surface area (Å²) in [5.74, 6) is -0.135. The Morgan fingerprint density at radius 1 is 0.963 bits per heavy atom. The molecule has 0 atom stereocenters. The van der Waals surface area contributed by atoms with Gasteiger partial charge in [-0.2, -0.15) is 0 Å². The van der Waals surface area contributed by atoms with Crippen molar-refractivity contribution in [1.29, 1.82) is 0 Å². The average Bonchev–Trinajstić information content (AvgIpc) is 2.67. The Kier molecular flexibility index (Phi) is 7.42. The molecule has 0 aliphatic carbocycles. The average molecular weight is 389 g/mol. The molecule has 0 fully saturated rings. The zero-order valence-electron chi connectivity index (χ0n) is 16.2. The quantitative estimate of drug-likeness (QED) is 0.696. The van der Waals surface area contributed by atoms with Crippen molar-refractivity contribution >= 4 is 21.6 Å². The zero-order valence-corrected chi connectivity index (χ0v) is 17.1. The van der Waals surface area contributed by atoms with Crippen LogP contribution in [-0.2, 0) is 16.4 Å². The summed E-state index contributed by atoms with van der Waals surface area (Å²) in [6, 6.07) is 13.6. The van der Waals surface area contributed by atoms with Crippen LogP contribution in [0, 0.1) is 0 Å². The fourth-order valence-corrected chi connectivity index (χ4v) is 4.11. The Morgan fingerprint density at radius 3 is 2.26 bits per heavy atom. The summed E-state index contributed by atoms with van der Waals surface area (Å²) in [4.78, 5) is 14.6. The Labute approximate surface area is 162 Å². The molecule has 0 bridgehead atoms. The third kappa shape index (κ3) is 5.32. The Balaban J connectivity index is 2.31. The molecule has 0 aromatic heterocycles. The first-order valence-corrected chi connectivity index (χ1v) is 10.9. The molecule has 2 aromatic rings. The van der Waals surface area contributed by atoms with Gasteiger partial charge in [0.25, 0.3) is 15.9 Å². The van der Waals surface area contributed by atoms with E-state index < -0.39 is 10.0 Å². The summed E-state index contributed by atoms with van der Waals surface area (Å²) in [5.41, 5.74) is 1.88. The monoisotopic (exact) mass is 388 g/mol. The molecule has 0 unspecified atom stereocenters. The van der Waals surface area contributed by atoms with Crippen LogP contribution in [0.15, 0.2) is 53.4 Å². The number of hydrogen-bond donors (Lipinski definition) is 1. The number of para-hydroxylation sites is 1. The van der Waals surface area contributed by atoms with Gasteiger partial charge in [0.15, 0.2) is 0 Å². The molecule has 0 heterocycles. The van der Waals surface area contributed by atoms with Crippen molar-refractivity contribution in [3.63, 3.8) is 0 Å². The molecule has 0 spiro atoms. The van der Waals surface area contributed by atoms with Gasteiger partial charge in [-0.1, -0.05) is 45.0 Å². The summed E-state index contributed by atoms with van der Waals surface area (Å²) < 4.78 is 28.3. The van der Waals surface area contributed by atoms with Gasteiger partial charge in [-0.3, -0.25) is 9.52 Å². The van der Waals surface area contributed by atoms with Crippen LogP contribution >= 0.6 is 0 Å². The summed E-state index contributed by atoms with van der Waals surface area (Å²) in [6.07, 6.45) is 2.44. The van der Waals surface area contributed by atoms with Crippen LogP contribution in [0.1, 0.15) is 49.5 Å². The molecule has 146 valence electrons. The number of rotatable bonds is 9. The number of aryl methyl sites for hydroxylation is 1. The van der Waals surface area contributed by atoms with Crippen molar-refractivity contribution in [2.45, 2.75) is 44.9 Å². The van der Waals surface area contributed by atoms with Crippen LogP contribution in [-0.4, -0.2) is 32.3 Å². The summed E-state index contributed by atoms with van der Waals surface area (Å²) in [7, 11) is -3.77. The Hall–Kier alpha value is -2.34. The molecule has 1 amide bonds. The maximum Gasteiger partial charge on any atom is 0.261 e. The van der Waals surface area contributed by atoms with Crippen LogP contribution in [0.25, 0.3) is 0 Å². The number of carbonyl (C=O) groups is 1. The third-order valence-corrected chi connectivity index (χ3v) is 5.67. The topological polar surface area (TPSA) is 66.5 Å². The molecular weight excluding hydrogens is 360 g/mol. The molecule has 0 saturated heterocycles. The molecule has 27 heavy (non-hydrogen) atoms. The Morgan fingerprint density at radius 2 is 1.63 bits per heavy atom. The zero-order chi connectivity index (χ0) is 19.9. The highest BCUT2D eigenvalue weighted by Gasteiger charge is 2.20. The number of nitrogens with zero attached hydrogens (tertiary/aromatic N) is 1. The maximum absolute atomic E-state index is 12.8. The smallest absolute Gasteiger partial charge is 0.261 e. The predicted molar refractivity (Wildman–Crippen MR) is 110 cm³/mol. The standard InChI is InChI=1S/C21H28N2O3S/c1-4-14-23(15-5-2)21(24)18-11-9-12-19(16-18)27(25,26)22-20-13-8-7-10-17(20)6-3/h7-13,16,22H,4-6,14-15H2,1-3H3. The van der Waals surface area contributed by atoms with Crippen LogP contribution in [0.5, 0.6) is 0 Å². The lowest BCUT2D eigenvalue weighted by Crippen LogP contribution is -2.32. The lowest BCUT2D eigenvalue weighted by molar-refractivity contribution is 0.0755. The first-order valence-electron chi connectivity index (χ1n) is 9.43. The van der Waals surface area contributed by atoms with Crippen molar-refractivity contribution in [3.8, 4) is 0 Å². The van der Waals surface area contributed by atoms with Crippen LogP contribution < -0.4 is 4.72 Å². The van der Waals surface area contributed by atoms with E-state index >= 15 is 0 Å². The first-order chi connectivity index (χ1) is 12.9. The van der Waals surface area contributed by atoms with E-state index in [1.54, 1.807) is 29.2 Å². The number of carbonyl (C=O) groups excluding carboxylic acids is 1. The van der Waals surface area contributed by atoms with Gasteiger partial charge in [0.2, 0.25) is 0 Å². The van der Waals surface area contributed by atoms with Gasteiger partial charge in [0.1, 0.15) is 0 Å².